The van der Waals surface area contributed by atoms with E-state index in [2.05, 4.69) is 15.6 Å². The highest BCUT2D eigenvalue weighted by molar-refractivity contribution is 7.23. The SMILES string of the molecule is COc1ccc(NCC(C)=O)c2sc(NC(=O)c3ccc(F)cc3)nc12. The smallest absolute Gasteiger partial charge is 0.257 e. The van der Waals surface area contributed by atoms with Gasteiger partial charge in [0.1, 0.15) is 22.9 Å². The summed E-state index contributed by atoms with van der Waals surface area (Å²) >= 11 is 1.26. The number of fused-ring (bicyclic) bond motifs is 1. The van der Waals surface area contributed by atoms with Gasteiger partial charge in [-0.15, -0.1) is 0 Å². The Morgan fingerprint density at radius 2 is 1.92 bits per heavy atom. The Labute approximate surface area is 153 Å². The zero-order valence-electron chi connectivity index (χ0n) is 14.1. The van der Waals surface area contributed by atoms with Crippen LogP contribution in [0.1, 0.15) is 17.3 Å². The molecule has 1 amide bonds. The van der Waals surface area contributed by atoms with E-state index >= 15 is 0 Å². The van der Waals surface area contributed by atoms with Crippen molar-refractivity contribution in [2.75, 3.05) is 24.3 Å². The largest absolute Gasteiger partial charge is 0.494 e. The van der Waals surface area contributed by atoms with Crippen molar-refractivity contribution in [2.45, 2.75) is 6.92 Å². The van der Waals surface area contributed by atoms with Gasteiger partial charge in [0.15, 0.2) is 5.13 Å². The molecule has 8 heteroatoms. The number of carbonyl (C=O) groups excluding carboxylic acids is 2. The number of Topliss-reactive ketones (excluding diaryl/α,β-unsaturated/α-hetero) is 1. The van der Waals surface area contributed by atoms with Crippen LogP contribution in [-0.2, 0) is 4.79 Å². The van der Waals surface area contributed by atoms with E-state index in [-0.39, 0.29) is 18.2 Å². The van der Waals surface area contributed by atoms with Gasteiger partial charge in [0.25, 0.3) is 5.91 Å². The zero-order chi connectivity index (χ0) is 18.7. The van der Waals surface area contributed by atoms with Gasteiger partial charge < -0.3 is 10.1 Å². The molecule has 0 fully saturated rings. The number of hydrogen-bond donors (Lipinski definition) is 2. The fraction of sp³-hybridized carbons (Fsp3) is 0.167. The number of benzene rings is 2. The summed E-state index contributed by atoms with van der Waals surface area (Å²) in [5.74, 6) is -0.232. The monoisotopic (exact) mass is 373 g/mol. The van der Waals surface area contributed by atoms with Gasteiger partial charge in [-0.1, -0.05) is 11.3 Å². The Morgan fingerprint density at radius 1 is 1.19 bits per heavy atom. The molecule has 0 saturated heterocycles. The van der Waals surface area contributed by atoms with Gasteiger partial charge in [-0.2, -0.15) is 0 Å². The minimum atomic E-state index is -0.410. The molecule has 2 aromatic carbocycles. The average Bonchev–Trinajstić information content (AvgIpc) is 3.03. The van der Waals surface area contributed by atoms with Gasteiger partial charge >= 0.3 is 0 Å². The summed E-state index contributed by atoms with van der Waals surface area (Å²) in [5, 5.41) is 6.14. The van der Waals surface area contributed by atoms with Crippen molar-refractivity contribution in [3.8, 4) is 5.75 Å². The summed E-state index contributed by atoms with van der Waals surface area (Å²) in [7, 11) is 1.54. The van der Waals surface area contributed by atoms with Gasteiger partial charge in [-0.05, 0) is 43.3 Å². The predicted molar refractivity (Wildman–Crippen MR) is 99.7 cm³/mol. The van der Waals surface area contributed by atoms with E-state index in [0.717, 1.165) is 10.4 Å². The van der Waals surface area contributed by atoms with Crippen molar-refractivity contribution in [3.63, 3.8) is 0 Å². The third kappa shape index (κ3) is 3.80. The van der Waals surface area contributed by atoms with Crippen LogP contribution in [0.4, 0.5) is 15.2 Å². The molecule has 0 atom stereocenters. The van der Waals surface area contributed by atoms with Crippen molar-refractivity contribution in [1.29, 1.82) is 0 Å². The Balaban J connectivity index is 1.91. The molecule has 1 heterocycles. The van der Waals surface area contributed by atoms with E-state index in [1.54, 1.807) is 12.1 Å². The first kappa shape index (κ1) is 17.8. The van der Waals surface area contributed by atoms with Crippen LogP contribution in [0.2, 0.25) is 0 Å². The lowest BCUT2D eigenvalue weighted by Gasteiger charge is -2.07. The number of nitrogens with one attached hydrogen (secondary N) is 2. The quantitative estimate of drug-likeness (QED) is 0.689. The van der Waals surface area contributed by atoms with Gasteiger partial charge in [0.2, 0.25) is 0 Å². The molecular formula is C18H16FN3O3S. The van der Waals surface area contributed by atoms with Crippen LogP contribution in [0.5, 0.6) is 5.75 Å². The van der Waals surface area contributed by atoms with Crippen LogP contribution in [0, 0.1) is 5.82 Å². The Kier molecular flexibility index (Phi) is 5.13. The molecule has 3 aromatic rings. The standard InChI is InChI=1S/C18H16FN3O3S/c1-10(23)9-20-13-7-8-14(25-2)15-16(13)26-18(21-15)22-17(24)11-3-5-12(19)6-4-11/h3-8,20H,9H2,1-2H3,(H,21,22,24). The lowest BCUT2D eigenvalue weighted by Crippen LogP contribution is -2.11. The number of halogens is 1. The lowest BCUT2D eigenvalue weighted by atomic mass is 10.2. The highest BCUT2D eigenvalue weighted by Crippen LogP contribution is 2.37. The molecular weight excluding hydrogens is 357 g/mol. The molecule has 1 aromatic heterocycles. The number of nitrogens with zero attached hydrogens (tertiary/aromatic N) is 1. The van der Waals surface area contributed by atoms with Crippen LogP contribution in [0.3, 0.4) is 0 Å². The first-order chi connectivity index (χ1) is 12.5. The first-order valence-electron chi connectivity index (χ1n) is 7.75. The summed E-state index contributed by atoms with van der Waals surface area (Å²) in [6.45, 7) is 1.69. The van der Waals surface area contributed by atoms with Crippen LogP contribution in [0.15, 0.2) is 36.4 Å². The number of methoxy groups -OCH3 is 1. The minimum absolute atomic E-state index is 0.00307. The summed E-state index contributed by atoms with van der Waals surface area (Å²) in [6.07, 6.45) is 0. The molecule has 0 aliphatic rings. The maximum absolute atomic E-state index is 13.0. The number of anilines is 2. The van der Waals surface area contributed by atoms with E-state index in [0.29, 0.717) is 22.0 Å². The second kappa shape index (κ2) is 7.49. The molecule has 0 radical (unpaired) electrons. The number of hydrogen-bond acceptors (Lipinski definition) is 6. The molecule has 3 rings (SSSR count). The molecule has 2 N–H and O–H groups in total. The summed E-state index contributed by atoms with van der Waals surface area (Å²) < 4.78 is 19.1. The fourth-order valence-electron chi connectivity index (χ4n) is 2.33. The molecule has 0 bridgehead atoms. The second-order valence-corrected chi connectivity index (χ2v) is 6.53. The second-order valence-electron chi connectivity index (χ2n) is 5.53. The predicted octanol–water partition coefficient (Wildman–Crippen LogP) is 3.70. The third-order valence-electron chi connectivity index (χ3n) is 3.58. The van der Waals surface area contributed by atoms with Crippen molar-refractivity contribution < 1.29 is 18.7 Å². The van der Waals surface area contributed by atoms with Gasteiger partial charge in [0, 0.05) is 5.56 Å². The van der Waals surface area contributed by atoms with E-state index in [9.17, 15) is 14.0 Å². The number of carbonyl (C=O) groups is 2. The Hall–Kier alpha value is -3.00. The van der Waals surface area contributed by atoms with Crippen molar-refractivity contribution in [3.05, 3.63) is 47.8 Å². The lowest BCUT2D eigenvalue weighted by molar-refractivity contribution is -0.115. The van der Waals surface area contributed by atoms with Crippen LogP contribution >= 0.6 is 11.3 Å². The molecule has 0 saturated carbocycles. The zero-order valence-corrected chi connectivity index (χ0v) is 14.9. The van der Waals surface area contributed by atoms with Crippen LogP contribution in [0.25, 0.3) is 10.2 Å². The Morgan fingerprint density at radius 3 is 2.58 bits per heavy atom. The van der Waals surface area contributed by atoms with Gasteiger partial charge in [-0.3, -0.25) is 14.9 Å². The van der Waals surface area contributed by atoms with Crippen molar-refractivity contribution in [2.24, 2.45) is 0 Å². The normalized spacial score (nSPS) is 10.6. The molecule has 0 unspecified atom stereocenters. The van der Waals surface area contributed by atoms with E-state index in [1.807, 2.05) is 0 Å². The fourth-order valence-corrected chi connectivity index (χ4v) is 3.30. The number of thiazole rings is 1. The topological polar surface area (TPSA) is 80.3 Å². The minimum Gasteiger partial charge on any atom is -0.494 e. The number of rotatable bonds is 6. The maximum atomic E-state index is 13.0. The van der Waals surface area contributed by atoms with E-state index < -0.39 is 5.82 Å². The average molecular weight is 373 g/mol. The molecule has 134 valence electrons. The van der Waals surface area contributed by atoms with E-state index in [1.165, 1.54) is 49.6 Å². The van der Waals surface area contributed by atoms with Crippen molar-refractivity contribution in [1.82, 2.24) is 4.98 Å². The molecule has 0 spiro atoms. The molecule has 0 aliphatic carbocycles. The molecule has 6 nitrogen and oxygen atoms in total. The Bertz CT molecular complexity index is 970. The van der Waals surface area contributed by atoms with Gasteiger partial charge in [-0.25, -0.2) is 9.37 Å². The van der Waals surface area contributed by atoms with E-state index in [4.69, 9.17) is 4.74 Å². The molecule has 26 heavy (non-hydrogen) atoms. The highest BCUT2D eigenvalue weighted by Gasteiger charge is 2.15. The number of ketones is 1. The van der Waals surface area contributed by atoms with Crippen LogP contribution in [-0.4, -0.2) is 30.3 Å². The number of aromatic nitrogens is 1. The maximum Gasteiger partial charge on any atom is 0.257 e. The van der Waals surface area contributed by atoms with Crippen molar-refractivity contribution >= 4 is 44.1 Å². The summed E-state index contributed by atoms with van der Waals surface area (Å²) in [6, 6.07) is 8.79. The first-order valence-corrected chi connectivity index (χ1v) is 8.57. The number of amides is 1. The summed E-state index contributed by atoms with van der Waals surface area (Å²) in [5.41, 5.74) is 1.64. The van der Waals surface area contributed by atoms with Gasteiger partial charge in [0.05, 0.1) is 24.0 Å². The highest BCUT2D eigenvalue weighted by atomic mass is 32.1. The number of ether oxygens (including phenoxy) is 1. The third-order valence-corrected chi connectivity index (χ3v) is 4.59. The summed E-state index contributed by atoms with van der Waals surface area (Å²) in [4.78, 5) is 27.9. The molecule has 0 aliphatic heterocycles. The van der Waals surface area contributed by atoms with Crippen LogP contribution < -0.4 is 15.4 Å².